The van der Waals surface area contributed by atoms with Crippen LogP contribution in [-0.2, 0) is 22.7 Å². The van der Waals surface area contributed by atoms with Crippen LogP contribution in [0.4, 0.5) is 5.69 Å². The average molecular weight is 357 g/mol. The van der Waals surface area contributed by atoms with Crippen molar-refractivity contribution in [3.8, 4) is 5.75 Å². The quantitative estimate of drug-likeness (QED) is 0.457. The van der Waals surface area contributed by atoms with Crippen LogP contribution in [0.15, 0.2) is 36.4 Å². The van der Waals surface area contributed by atoms with Crippen molar-refractivity contribution in [2.24, 2.45) is 0 Å². The molecule has 0 N–H and O–H groups in total. The molecule has 0 bridgehead atoms. The lowest BCUT2D eigenvalue weighted by atomic mass is 10.0. The minimum atomic E-state index is -0.495. The first-order chi connectivity index (χ1) is 12.5. The fourth-order valence-corrected chi connectivity index (χ4v) is 2.72. The van der Waals surface area contributed by atoms with Crippen molar-refractivity contribution in [1.82, 2.24) is 0 Å². The highest BCUT2D eigenvalue weighted by atomic mass is 16.7. The standard InChI is InChI=1S/C19H19NO6/c1-12(2)13-3-5-14(6-4-13)19(21)25-10-16-8-17(20(22)23)7-15-9-24-11-26-18(15)16/h3-8,12H,9-11H2,1-2H3. The molecule has 2 aromatic rings. The van der Waals surface area contributed by atoms with Gasteiger partial charge in [0, 0.05) is 23.3 Å². The van der Waals surface area contributed by atoms with Gasteiger partial charge in [0.15, 0.2) is 6.79 Å². The van der Waals surface area contributed by atoms with Crippen LogP contribution in [0.25, 0.3) is 0 Å². The van der Waals surface area contributed by atoms with E-state index in [1.165, 1.54) is 12.1 Å². The number of carbonyl (C=O) groups excluding carboxylic acids is 1. The van der Waals surface area contributed by atoms with E-state index in [0.29, 0.717) is 28.4 Å². The van der Waals surface area contributed by atoms with Gasteiger partial charge in [0.1, 0.15) is 12.4 Å². The predicted octanol–water partition coefficient (Wildman–Crippen LogP) is 3.94. The van der Waals surface area contributed by atoms with Crippen LogP contribution in [0.5, 0.6) is 5.75 Å². The minimum absolute atomic E-state index is 0.0580. The minimum Gasteiger partial charge on any atom is -0.467 e. The van der Waals surface area contributed by atoms with E-state index in [4.69, 9.17) is 14.2 Å². The molecule has 0 spiro atoms. The van der Waals surface area contributed by atoms with Crippen molar-refractivity contribution < 1.29 is 23.9 Å². The molecule has 0 radical (unpaired) electrons. The summed E-state index contributed by atoms with van der Waals surface area (Å²) in [4.78, 5) is 22.9. The van der Waals surface area contributed by atoms with Crippen LogP contribution in [0.2, 0.25) is 0 Å². The molecule has 1 aliphatic heterocycles. The van der Waals surface area contributed by atoms with Crippen LogP contribution >= 0.6 is 0 Å². The van der Waals surface area contributed by atoms with Crippen LogP contribution in [0, 0.1) is 10.1 Å². The SMILES string of the molecule is CC(C)c1ccc(C(=O)OCc2cc([N+](=O)[O-])cc3c2OCOC3)cc1. The number of nitro groups is 1. The lowest BCUT2D eigenvalue weighted by molar-refractivity contribution is -0.385. The first-order valence-electron chi connectivity index (χ1n) is 8.23. The van der Waals surface area contributed by atoms with E-state index in [9.17, 15) is 14.9 Å². The summed E-state index contributed by atoms with van der Waals surface area (Å²) in [5, 5.41) is 11.1. The molecule has 0 saturated carbocycles. The number of nitrogens with zero attached hydrogens (tertiary/aromatic N) is 1. The summed E-state index contributed by atoms with van der Waals surface area (Å²) in [5.41, 5.74) is 2.48. The summed E-state index contributed by atoms with van der Waals surface area (Å²) < 4.78 is 15.9. The predicted molar refractivity (Wildman–Crippen MR) is 93.0 cm³/mol. The van der Waals surface area contributed by atoms with Crippen LogP contribution < -0.4 is 4.74 Å². The highest BCUT2D eigenvalue weighted by Gasteiger charge is 2.22. The lowest BCUT2D eigenvalue weighted by Gasteiger charge is -2.20. The fourth-order valence-electron chi connectivity index (χ4n) is 2.72. The number of esters is 1. The Morgan fingerprint density at radius 2 is 2.00 bits per heavy atom. The maximum atomic E-state index is 12.3. The maximum absolute atomic E-state index is 12.3. The van der Waals surface area contributed by atoms with E-state index in [0.717, 1.165) is 5.56 Å². The molecule has 0 fully saturated rings. The fraction of sp³-hybridized carbons (Fsp3) is 0.316. The molecule has 3 rings (SSSR count). The zero-order chi connectivity index (χ0) is 18.7. The summed E-state index contributed by atoms with van der Waals surface area (Å²) in [6, 6.07) is 9.97. The number of ether oxygens (including phenoxy) is 3. The number of nitro benzene ring substituents is 1. The molecule has 0 amide bonds. The van der Waals surface area contributed by atoms with Crippen molar-refractivity contribution in [3.05, 3.63) is 68.8 Å². The molecule has 0 saturated heterocycles. The summed E-state index contributed by atoms with van der Waals surface area (Å²) in [6.07, 6.45) is 0. The Balaban J connectivity index is 1.77. The number of hydrogen-bond acceptors (Lipinski definition) is 6. The van der Waals surface area contributed by atoms with Gasteiger partial charge >= 0.3 is 5.97 Å². The second-order valence-corrected chi connectivity index (χ2v) is 6.31. The highest BCUT2D eigenvalue weighted by Crippen LogP contribution is 2.33. The second kappa shape index (κ2) is 7.53. The van der Waals surface area contributed by atoms with Gasteiger partial charge in [-0.05, 0) is 23.6 Å². The monoisotopic (exact) mass is 357 g/mol. The third-order valence-corrected chi connectivity index (χ3v) is 4.15. The highest BCUT2D eigenvalue weighted by molar-refractivity contribution is 5.89. The molecule has 0 aromatic heterocycles. The number of carbonyl (C=O) groups is 1. The molecule has 0 aliphatic carbocycles. The molecule has 26 heavy (non-hydrogen) atoms. The number of hydrogen-bond donors (Lipinski definition) is 0. The molecule has 136 valence electrons. The second-order valence-electron chi connectivity index (χ2n) is 6.31. The van der Waals surface area contributed by atoms with Crippen molar-refractivity contribution in [3.63, 3.8) is 0 Å². The largest absolute Gasteiger partial charge is 0.467 e. The lowest BCUT2D eigenvalue weighted by Crippen LogP contribution is -2.15. The number of rotatable bonds is 5. The molecule has 2 aromatic carbocycles. The third kappa shape index (κ3) is 3.83. The van der Waals surface area contributed by atoms with Gasteiger partial charge in [0.25, 0.3) is 5.69 Å². The number of benzene rings is 2. The van der Waals surface area contributed by atoms with Gasteiger partial charge in [0.05, 0.1) is 17.1 Å². The Labute approximate surface area is 150 Å². The first kappa shape index (κ1) is 17.9. The molecule has 7 nitrogen and oxygen atoms in total. The van der Waals surface area contributed by atoms with Gasteiger partial charge in [-0.2, -0.15) is 0 Å². The Hall–Kier alpha value is -2.93. The molecule has 1 heterocycles. The number of non-ortho nitro benzene ring substituents is 1. The Morgan fingerprint density at radius 1 is 1.27 bits per heavy atom. The summed E-state index contributed by atoms with van der Waals surface area (Å²) in [7, 11) is 0. The smallest absolute Gasteiger partial charge is 0.338 e. The molecular formula is C19H19NO6. The van der Waals surface area contributed by atoms with E-state index >= 15 is 0 Å². The average Bonchev–Trinajstić information content (AvgIpc) is 2.65. The van der Waals surface area contributed by atoms with Gasteiger partial charge in [-0.15, -0.1) is 0 Å². The van der Waals surface area contributed by atoms with Gasteiger partial charge in [0.2, 0.25) is 0 Å². The van der Waals surface area contributed by atoms with Crippen molar-refractivity contribution in [2.75, 3.05) is 6.79 Å². The zero-order valence-electron chi connectivity index (χ0n) is 14.6. The molecule has 0 unspecified atom stereocenters. The number of fused-ring (bicyclic) bond motifs is 1. The van der Waals surface area contributed by atoms with E-state index in [1.807, 2.05) is 12.1 Å². The molecule has 7 heteroatoms. The summed E-state index contributed by atoms with van der Waals surface area (Å²) >= 11 is 0. The van der Waals surface area contributed by atoms with Crippen LogP contribution in [0.1, 0.15) is 46.8 Å². The van der Waals surface area contributed by atoms with Crippen molar-refractivity contribution in [2.45, 2.75) is 33.0 Å². The molecular weight excluding hydrogens is 338 g/mol. The van der Waals surface area contributed by atoms with E-state index < -0.39 is 10.9 Å². The van der Waals surface area contributed by atoms with E-state index in [1.54, 1.807) is 12.1 Å². The van der Waals surface area contributed by atoms with Crippen LogP contribution in [-0.4, -0.2) is 17.7 Å². The van der Waals surface area contributed by atoms with Gasteiger partial charge in [-0.1, -0.05) is 26.0 Å². The summed E-state index contributed by atoms with van der Waals surface area (Å²) in [5.74, 6) is 0.355. The van der Waals surface area contributed by atoms with Crippen LogP contribution in [0.3, 0.4) is 0 Å². The zero-order valence-corrected chi connectivity index (χ0v) is 14.6. The normalized spacial score (nSPS) is 13.0. The van der Waals surface area contributed by atoms with Gasteiger partial charge in [-0.3, -0.25) is 10.1 Å². The third-order valence-electron chi connectivity index (χ3n) is 4.15. The van der Waals surface area contributed by atoms with Crippen molar-refractivity contribution in [1.29, 1.82) is 0 Å². The van der Waals surface area contributed by atoms with Crippen molar-refractivity contribution >= 4 is 11.7 Å². The van der Waals surface area contributed by atoms with E-state index in [2.05, 4.69) is 13.8 Å². The Bertz CT molecular complexity index is 829. The molecule has 0 atom stereocenters. The van der Waals surface area contributed by atoms with Gasteiger partial charge in [-0.25, -0.2) is 4.79 Å². The Kier molecular flexibility index (Phi) is 5.18. The maximum Gasteiger partial charge on any atom is 0.338 e. The Morgan fingerprint density at radius 3 is 2.65 bits per heavy atom. The first-order valence-corrected chi connectivity index (χ1v) is 8.23. The van der Waals surface area contributed by atoms with E-state index in [-0.39, 0.29) is 25.7 Å². The topological polar surface area (TPSA) is 87.9 Å². The molecule has 1 aliphatic rings. The summed E-state index contributed by atoms with van der Waals surface area (Å²) in [6.45, 7) is 4.30. The van der Waals surface area contributed by atoms with Gasteiger partial charge < -0.3 is 14.2 Å².